The molecule has 20 nitrogen and oxygen atoms in total. The van der Waals surface area contributed by atoms with Gasteiger partial charge in [-0.15, -0.1) is 0 Å². The lowest BCUT2D eigenvalue weighted by atomic mass is 10.2. The Morgan fingerprint density at radius 3 is 1.53 bits per heavy atom. The third kappa shape index (κ3) is 13.0. The van der Waals surface area contributed by atoms with Crippen LogP contribution >= 0.6 is 11.6 Å². The van der Waals surface area contributed by atoms with Gasteiger partial charge in [-0.3, -0.25) is 29.2 Å². The summed E-state index contributed by atoms with van der Waals surface area (Å²) in [5, 5.41) is 21.9. The summed E-state index contributed by atoms with van der Waals surface area (Å²) in [6, 6.07) is 20.1. The second kappa shape index (κ2) is 23.9. The molecule has 0 amide bonds. The first-order valence-electron chi connectivity index (χ1n) is 24.9. The highest BCUT2D eigenvalue weighted by Crippen LogP contribution is 2.31. The Balaban J connectivity index is 0.000000134. The molecule has 0 aromatic carbocycles. The van der Waals surface area contributed by atoms with Gasteiger partial charge < -0.3 is 28.7 Å². The number of nitrogens with zero attached hydrogens (tertiary/aromatic N) is 13. The molecule has 12 aromatic rings. The number of ether oxygens (including phenoxy) is 5. The smallest absolute Gasteiger partial charge is 0.157 e. The molecule has 12 aromatic heterocycles. The van der Waals surface area contributed by atoms with Crippen LogP contribution in [0.25, 0.3) is 77.4 Å². The predicted molar refractivity (Wildman–Crippen MR) is 307 cm³/mol. The van der Waals surface area contributed by atoms with Crippen LogP contribution in [0, 0.1) is 0 Å². The minimum absolute atomic E-state index is 0.453. The van der Waals surface area contributed by atoms with E-state index in [0.29, 0.717) is 30.1 Å². The Morgan fingerprint density at radius 1 is 0.519 bits per heavy atom. The molecule has 0 unspecified atom stereocenters. The number of halogens is 1. The van der Waals surface area contributed by atoms with Crippen molar-refractivity contribution >= 4 is 93.6 Å². The fourth-order valence-corrected chi connectivity index (χ4v) is 9.87. The predicted octanol–water partition coefficient (Wildman–Crippen LogP) is 11.4. The fourth-order valence-electron chi connectivity index (χ4n) is 8.21. The van der Waals surface area contributed by atoms with E-state index in [1.54, 1.807) is 80.3 Å². The van der Waals surface area contributed by atoms with Crippen LogP contribution in [-0.4, -0.2) is 124 Å². The summed E-state index contributed by atoms with van der Waals surface area (Å²) >= 11 is 6.06. The van der Waals surface area contributed by atoms with Crippen LogP contribution in [0.15, 0.2) is 129 Å². The molecule has 23 heteroatoms. The Hall–Kier alpha value is -8.03. The normalized spacial score (nSPS) is 11.7. The SMILES string of the molecule is COc1cn[nH]c1.COc1cnn(-c2ccc3c(n2)[nH]c2cnccc23)c1.COc1cnn(-c2ccc3c4ccncc4n(COCC[Si](C)(C)C)c3n2)c1.C[Si](C)(C)CCOCn1c2cnccc2c2ccc(Cl)nc21. The first-order chi connectivity index (χ1) is 37.2. The van der Waals surface area contributed by atoms with E-state index < -0.39 is 16.1 Å². The molecular formula is C54H62ClN15O5Si2. The minimum atomic E-state index is -1.13. The van der Waals surface area contributed by atoms with Crippen LogP contribution in [0.5, 0.6) is 17.2 Å². The summed E-state index contributed by atoms with van der Waals surface area (Å²) in [6.07, 6.45) is 21.1. The quantitative estimate of drug-likeness (QED) is 0.0555. The van der Waals surface area contributed by atoms with Crippen LogP contribution < -0.4 is 14.2 Å². The molecule has 0 spiro atoms. The number of rotatable bonds is 15. The van der Waals surface area contributed by atoms with Crippen molar-refractivity contribution in [1.29, 1.82) is 0 Å². The van der Waals surface area contributed by atoms with Gasteiger partial charge in [-0.1, -0.05) is 50.9 Å². The lowest BCUT2D eigenvalue weighted by molar-refractivity contribution is 0.0924. The molecule has 398 valence electrons. The molecule has 0 aliphatic heterocycles. The van der Waals surface area contributed by atoms with Gasteiger partial charge >= 0.3 is 0 Å². The van der Waals surface area contributed by atoms with Gasteiger partial charge in [-0.25, -0.2) is 24.3 Å². The van der Waals surface area contributed by atoms with E-state index in [1.165, 1.54) is 0 Å². The fraction of sp³-hybridized carbons (Fsp3) is 0.278. The zero-order chi connectivity index (χ0) is 54.1. The highest BCUT2D eigenvalue weighted by atomic mass is 35.5. The summed E-state index contributed by atoms with van der Waals surface area (Å²) in [5.41, 5.74) is 5.56. The van der Waals surface area contributed by atoms with Gasteiger partial charge in [0.25, 0.3) is 0 Å². The Bertz CT molecular complexity index is 3880. The van der Waals surface area contributed by atoms with Crippen molar-refractivity contribution in [2.24, 2.45) is 0 Å². The Labute approximate surface area is 451 Å². The summed E-state index contributed by atoms with van der Waals surface area (Å²) in [5.74, 6) is 3.63. The van der Waals surface area contributed by atoms with E-state index in [1.807, 2.05) is 77.9 Å². The minimum Gasteiger partial charge on any atom is -0.493 e. The van der Waals surface area contributed by atoms with E-state index >= 15 is 0 Å². The molecule has 0 radical (unpaired) electrons. The van der Waals surface area contributed by atoms with E-state index in [2.05, 4.69) is 100 Å². The summed E-state index contributed by atoms with van der Waals surface area (Å²) in [6.45, 7) is 16.6. The number of aromatic nitrogens is 15. The number of methoxy groups -OCH3 is 3. The van der Waals surface area contributed by atoms with E-state index in [4.69, 9.17) is 40.3 Å². The molecular weight excluding hydrogens is 1030 g/mol. The third-order valence-corrected chi connectivity index (χ3v) is 16.0. The molecule has 0 saturated carbocycles. The number of H-pyrrole nitrogens is 2. The first-order valence-corrected chi connectivity index (χ1v) is 32.7. The van der Waals surface area contributed by atoms with Crippen molar-refractivity contribution in [1.82, 2.24) is 73.8 Å². The number of pyridine rings is 6. The second-order valence-corrected chi connectivity index (χ2v) is 31.9. The lowest BCUT2D eigenvalue weighted by Gasteiger charge is -2.16. The molecule has 0 aliphatic carbocycles. The topological polar surface area (TPSA) is 213 Å². The second-order valence-electron chi connectivity index (χ2n) is 20.3. The first kappa shape index (κ1) is 53.8. The van der Waals surface area contributed by atoms with Crippen molar-refractivity contribution in [2.75, 3.05) is 34.5 Å². The average molecular weight is 1090 g/mol. The van der Waals surface area contributed by atoms with E-state index in [0.717, 1.165) is 108 Å². The molecule has 0 saturated heterocycles. The van der Waals surface area contributed by atoms with Crippen molar-refractivity contribution in [3.63, 3.8) is 0 Å². The molecule has 0 fully saturated rings. The summed E-state index contributed by atoms with van der Waals surface area (Å²) in [7, 11) is 2.64. The lowest BCUT2D eigenvalue weighted by Crippen LogP contribution is -2.22. The van der Waals surface area contributed by atoms with Crippen LogP contribution in [-0.2, 0) is 22.9 Å². The molecule has 2 N–H and O–H groups in total. The third-order valence-electron chi connectivity index (χ3n) is 12.4. The molecule has 12 rings (SSSR count). The number of hydrogen-bond acceptors (Lipinski definition) is 14. The van der Waals surface area contributed by atoms with Crippen molar-refractivity contribution in [3.8, 4) is 28.9 Å². The van der Waals surface area contributed by atoms with Gasteiger partial charge in [0.15, 0.2) is 28.9 Å². The molecule has 77 heavy (non-hydrogen) atoms. The number of hydrogen-bond donors (Lipinski definition) is 2. The van der Waals surface area contributed by atoms with Crippen LogP contribution in [0.2, 0.25) is 56.5 Å². The summed E-state index contributed by atoms with van der Waals surface area (Å²) < 4.78 is 34.6. The monoisotopic (exact) mass is 1090 g/mol. The van der Waals surface area contributed by atoms with Crippen LogP contribution in [0.4, 0.5) is 0 Å². The average Bonchev–Trinajstić information content (AvgIpc) is 4.37. The van der Waals surface area contributed by atoms with E-state index in [9.17, 15) is 0 Å². The largest absolute Gasteiger partial charge is 0.493 e. The highest BCUT2D eigenvalue weighted by molar-refractivity contribution is 6.76. The van der Waals surface area contributed by atoms with Gasteiger partial charge in [0.2, 0.25) is 0 Å². The van der Waals surface area contributed by atoms with Gasteiger partial charge in [-0.05, 0) is 66.7 Å². The number of aromatic amines is 2. The zero-order valence-corrected chi connectivity index (χ0v) is 47.4. The molecule has 0 aliphatic rings. The van der Waals surface area contributed by atoms with Crippen molar-refractivity contribution < 1.29 is 23.7 Å². The number of fused-ring (bicyclic) bond motifs is 9. The summed E-state index contributed by atoms with van der Waals surface area (Å²) in [4.78, 5) is 29.8. The van der Waals surface area contributed by atoms with Crippen molar-refractivity contribution in [2.45, 2.75) is 64.8 Å². The van der Waals surface area contributed by atoms with Crippen molar-refractivity contribution in [3.05, 3.63) is 134 Å². The van der Waals surface area contributed by atoms with Gasteiger partial charge in [0.05, 0.1) is 93.7 Å². The maximum absolute atomic E-state index is 6.06. The van der Waals surface area contributed by atoms with Crippen LogP contribution in [0.3, 0.4) is 0 Å². The number of nitrogens with one attached hydrogen (secondary N) is 2. The van der Waals surface area contributed by atoms with E-state index in [-0.39, 0.29) is 0 Å². The molecule has 0 bridgehead atoms. The molecule has 0 atom stereocenters. The zero-order valence-electron chi connectivity index (χ0n) is 44.6. The van der Waals surface area contributed by atoms with Crippen LogP contribution in [0.1, 0.15) is 0 Å². The Kier molecular flexibility index (Phi) is 16.7. The highest BCUT2D eigenvalue weighted by Gasteiger charge is 2.18. The van der Waals surface area contributed by atoms with Gasteiger partial charge in [-0.2, -0.15) is 15.3 Å². The standard InChI is InChI=1S/C20H25N5O2Si.C16H20ClN3OSi.C14H11N5O.C4H6N2O/c1-26-15-11-22-25(13-15)19-6-5-17-16-7-8-21-12-18(16)24(20(17)23-19)14-27-9-10-28(2,3)4;1-22(2,3)9-8-21-11-20-14-10-18-7-6-12(14)13-4-5-15(17)19-16(13)20;1-20-9-6-16-19(8-9)13-3-2-11-10-4-5-15-7-12(10)17-14(11)18-13;1-7-4-2-5-6-3-4/h5-8,11-13H,9-10,14H2,1-4H3;4-7,10H,8-9,11H2,1-3H3;2-8H,1H3,(H,17,18);2-3H,1H3,(H,5,6). The maximum Gasteiger partial charge on any atom is 0.157 e. The molecule has 12 heterocycles. The Morgan fingerprint density at radius 2 is 1.03 bits per heavy atom. The maximum atomic E-state index is 6.06. The van der Waals surface area contributed by atoms with Gasteiger partial charge in [0.1, 0.15) is 35.6 Å². The van der Waals surface area contributed by atoms with Gasteiger partial charge in [0, 0.05) is 80.3 Å².